The summed E-state index contributed by atoms with van der Waals surface area (Å²) in [5.74, 6) is 0.148. The summed E-state index contributed by atoms with van der Waals surface area (Å²) in [5.41, 5.74) is 16.1. The molecule has 2 heterocycles. The van der Waals surface area contributed by atoms with Gasteiger partial charge in [-0.1, -0.05) is 197 Å². The summed E-state index contributed by atoms with van der Waals surface area (Å²) in [4.78, 5) is 10.6. The van der Waals surface area contributed by atoms with Gasteiger partial charge in [-0.2, -0.15) is 0 Å². The van der Waals surface area contributed by atoms with Crippen molar-refractivity contribution < 1.29 is 31.7 Å². The van der Waals surface area contributed by atoms with Crippen LogP contribution in [0.25, 0.3) is 83.9 Å². The zero-order chi connectivity index (χ0) is 53.2. The first-order valence-corrected chi connectivity index (χ1v) is 24.7. The fourth-order valence-corrected chi connectivity index (χ4v) is 9.42. The number of rotatable bonds is 10. The Kier molecular flexibility index (Phi) is 12.9. The van der Waals surface area contributed by atoms with Crippen molar-refractivity contribution >= 4 is 11.0 Å². The van der Waals surface area contributed by atoms with Crippen LogP contribution in [0.1, 0.15) is 140 Å². The fraction of sp³-hybridized carbons (Fsp3) is 0.273. The van der Waals surface area contributed by atoms with E-state index in [1.807, 2.05) is 86.8 Å². The van der Waals surface area contributed by atoms with Crippen LogP contribution >= 0.6 is 0 Å². The van der Waals surface area contributed by atoms with Crippen molar-refractivity contribution in [3.05, 3.63) is 191 Å². The Bertz CT molecular complexity index is 3540. The smallest absolute Gasteiger partial charge is 0.148 e. The molecule has 0 fully saturated rings. The second-order valence-corrected chi connectivity index (χ2v) is 21.8. The normalized spacial score (nSPS) is 13.2. The number of phenols is 1. The first-order chi connectivity index (χ1) is 34.8. The molecule has 9 rings (SSSR count). The summed E-state index contributed by atoms with van der Waals surface area (Å²) in [6.07, 6.45) is 1.84. The zero-order valence-electron chi connectivity index (χ0n) is 47.2. The molecular weight excluding hydrogens is 1050 g/mol. The number of hydrogen-bond acceptors (Lipinski definition) is 3. The molecule has 9 aromatic rings. The van der Waals surface area contributed by atoms with Gasteiger partial charge in [0.25, 0.3) is 0 Å². The number of benzene rings is 7. The van der Waals surface area contributed by atoms with Gasteiger partial charge in [0, 0.05) is 44.0 Å². The van der Waals surface area contributed by atoms with Crippen LogP contribution in [-0.2, 0) is 31.9 Å². The number of aromatic nitrogens is 3. The largest absolute Gasteiger partial charge is 0.507 e. The Hall–Kier alpha value is -6.35. The van der Waals surface area contributed by atoms with Crippen molar-refractivity contribution in [1.29, 1.82) is 0 Å². The zero-order valence-corrected chi connectivity index (χ0v) is 45.5. The molecule has 4 nitrogen and oxygen atoms in total. The number of hydrogen-bond donors (Lipinski definition) is 1. The Morgan fingerprint density at radius 3 is 1.87 bits per heavy atom. The van der Waals surface area contributed by atoms with Gasteiger partial charge >= 0.3 is 0 Å². The average molecular weight is 1120 g/mol. The van der Waals surface area contributed by atoms with Gasteiger partial charge in [-0.25, -0.2) is 4.98 Å². The molecule has 0 unspecified atom stereocenters. The number of pyridine rings is 1. The first-order valence-electron chi connectivity index (χ1n) is 26.7. The maximum atomic E-state index is 12.6. The van der Waals surface area contributed by atoms with Crippen LogP contribution in [0.4, 0.5) is 0 Å². The molecule has 0 saturated carbocycles. The van der Waals surface area contributed by atoms with E-state index in [2.05, 4.69) is 159 Å². The number of aryl methyl sites for hydroxylation is 1. The molecule has 71 heavy (non-hydrogen) atoms. The van der Waals surface area contributed by atoms with Gasteiger partial charge in [-0.15, -0.1) is 29.3 Å². The van der Waals surface area contributed by atoms with E-state index < -0.39 is 12.7 Å². The van der Waals surface area contributed by atoms with E-state index in [-0.39, 0.29) is 55.0 Å². The van der Waals surface area contributed by atoms with Crippen LogP contribution in [0.3, 0.4) is 0 Å². The SMILES string of the molecule is [2H]C([2H])([2H])c1cc(-c2ccc(C(C)(C)C)cc2)c(-n2c(-c3cc(C(C)C)cc(C(C)C)c3O)nc3c(-c4[c-]c(-c5cc(-c6ccc(C([2H])(C)C)cc6)ccn5)cc(C(C)(C)C)c4)cccc32)cc1-c1ccccc1.[Pt]. The number of aromatic hydroxyl groups is 1. The molecule has 0 aliphatic carbocycles. The first kappa shape index (κ1) is 45.8. The Balaban J connectivity index is 0.00000747. The molecule has 0 atom stereocenters. The van der Waals surface area contributed by atoms with Crippen LogP contribution in [0.15, 0.2) is 152 Å². The fourth-order valence-electron chi connectivity index (χ4n) is 9.42. The van der Waals surface area contributed by atoms with Gasteiger partial charge in [-0.3, -0.25) is 9.55 Å². The second-order valence-electron chi connectivity index (χ2n) is 21.8. The van der Waals surface area contributed by atoms with Crippen molar-refractivity contribution in [3.8, 4) is 78.6 Å². The van der Waals surface area contributed by atoms with Gasteiger partial charge in [0.15, 0.2) is 0 Å². The van der Waals surface area contributed by atoms with Gasteiger partial charge in [-0.05, 0) is 121 Å². The third-order valence-electron chi connectivity index (χ3n) is 13.8. The molecule has 7 aromatic carbocycles. The van der Waals surface area contributed by atoms with Crippen molar-refractivity contribution in [3.63, 3.8) is 0 Å². The van der Waals surface area contributed by atoms with Crippen LogP contribution < -0.4 is 0 Å². The van der Waals surface area contributed by atoms with Crippen LogP contribution in [-0.4, -0.2) is 19.6 Å². The third-order valence-corrected chi connectivity index (χ3v) is 13.8. The van der Waals surface area contributed by atoms with Crippen LogP contribution in [0, 0.1) is 12.9 Å². The molecule has 0 spiro atoms. The standard InChI is InChI=1S/C66H68N3O.Pt/c1-40(2)44-22-24-45(25-23-44)48-30-31-67-59(38-48)51-33-50(34-53(35-51)66(11,12)13)54-20-17-21-60-62(54)68-64(58-37-49(41(3)4)36-55(42(5)6)63(58)70)69(60)61-39-56(46-18-15-14-16-19-46)43(7)32-57(61)47-26-28-52(29-27-47)65(8,9)10;/h14-32,34-42,70H,1-13H3;/q-1;/i7D3,40D;. The summed E-state index contributed by atoms with van der Waals surface area (Å²) in [6, 6.07) is 53.0. The molecule has 2 aromatic heterocycles. The Morgan fingerprint density at radius 1 is 0.577 bits per heavy atom. The number of imidazole rings is 1. The molecule has 1 N–H and O–H groups in total. The maximum absolute atomic E-state index is 12.6. The molecule has 364 valence electrons. The number of fused-ring (bicyclic) bond motifs is 1. The van der Waals surface area contributed by atoms with Crippen LogP contribution in [0.5, 0.6) is 5.75 Å². The van der Waals surface area contributed by atoms with Gasteiger partial charge in [0.2, 0.25) is 0 Å². The minimum atomic E-state index is -2.45. The summed E-state index contributed by atoms with van der Waals surface area (Å²) < 4.78 is 37.6. The molecular formula is C66H68N3OPt-. The van der Waals surface area contributed by atoms with Gasteiger partial charge in [0.05, 0.1) is 22.3 Å². The Labute approximate surface area is 443 Å². The Morgan fingerprint density at radius 2 is 1.24 bits per heavy atom. The van der Waals surface area contributed by atoms with Gasteiger partial charge in [0.1, 0.15) is 11.6 Å². The number of nitrogens with zero attached hydrogens (tertiary/aromatic N) is 3. The topological polar surface area (TPSA) is 50.9 Å². The second kappa shape index (κ2) is 20.0. The van der Waals surface area contributed by atoms with Crippen molar-refractivity contribution in [2.45, 2.75) is 118 Å². The predicted molar refractivity (Wildman–Crippen MR) is 296 cm³/mol. The average Bonchev–Trinajstić information content (AvgIpc) is 3.74. The summed E-state index contributed by atoms with van der Waals surface area (Å²) in [5, 5.41) is 12.6. The van der Waals surface area contributed by atoms with Crippen molar-refractivity contribution in [1.82, 2.24) is 14.5 Å². The maximum Gasteiger partial charge on any atom is 0.148 e. The molecule has 0 bridgehead atoms. The summed E-state index contributed by atoms with van der Waals surface area (Å²) in [7, 11) is 0. The summed E-state index contributed by atoms with van der Waals surface area (Å²) >= 11 is 0. The third kappa shape index (κ3) is 10.2. The monoisotopic (exact) mass is 1120 g/mol. The molecule has 0 radical (unpaired) electrons. The number of phenolic OH excluding ortho intramolecular Hbond substituents is 1. The van der Waals surface area contributed by atoms with E-state index >= 15 is 0 Å². The molecule has 0 aliphatic rings. The molecule has 5 heteroatoms. The number of para-hydroxylation sites is 1. The molecule has 0 saturated heterocycles. The van der Waals surface area contributed by atoms with E-state index in [0.29, 0.717) is 22.5 Å². The van der Waals surface area contributed by atoms with E-state index in [4.69, 9.17) is 15.5 Å². The summed E-state index contributed by atoms with van der Waals surface area (Å²) in [6.45, 7) is 23.1. The minimum Gasteiger partial charge on any atom is -0.507 e. The van der Waals surface area contributed by atoms with E-state index in [1.165, 1.54) is 0 Å². The predicted octanol–water partition coefficient (Wildman–Crippen LogP) is 18.2. The molecule has 0 aliphatic heterocycles. The van der Waals surface area contributed by atoms with E-state index in [9.17, 15) is 5.11 Å². The van der Waals surface area contributed by atoms with Crippen molar-refractivity contribution in [2.75, 3.05) is 0 Å². The molecule has 0 amide bonds. The van der Waals surface area contributed by atoms with E-state index in [1.54, 1.807) is 0 Å². The van der Waals surface area contributed by atoms with Crippen molar-refractivity contribution in [2.24, 2.45) is 0 Å². The van der Waals surface area contributed by atoms with Crippen LogP contribution in [0.2, 0.25) is 0 Å². The minimum absolute atomic E-state index is 0. The van der Waals surface area contributed by atoms with Gasteiger partial charge < -0.3 is 5.11 Å². The van der Waals surface area contributed by atoms with E-state index in [0.717, 1.165) is 89.2 Å². The quantitative estimate of drug-likeness (QED) is 0.139.